The molecule has 3 N–H and O–H groups in total. The van der Waals surface area contributed by atoms with Crippen molar-refractivity contribution in [1.29, 1.82) is 0 Å². The number of carbonyl (C=O) groups excluding carboxylic acids is 1. The van der Waals surface area contributed by atoms with Gasteiger partial charge >= 0.3 is 6.61 Å². The summed E-state index contributed by atoms with van der Waals surface area (Å²) in [6, 6.07) is 3.34. The Bertz CT molecular complexity index is 511. The van der Waals surface area contributed by atoms with E-state index in [0.717, 1.165) is 31.4 Å². The third kappa shape index (κ3) is 4.35. The summed E-state index contributed by atoms with van der Waals surface area (Å²) in [7, 11) is 0. The van der Waals surface area contributed by atoms with Crippen molar-refractivity contribution in [2.45, 2.75) is 38.3 Å². The number of benzene rings is 1. The Morgan fingerprint density at radius 2 is 2.14 bits per heavy atom. The number of halogens is 3. The zero-order chi connectivity index (χ0) is 15.4. The fraction of sp³-hybridized carbons (Fsp3) is 0.500. The fourth-order valence-electron chi connectivity index (χ4n) is 2.48. The third-order valence-electron chi connectivity index (χ3n) is 3.50. The average Bonchev–Trinajstić information content (AvgIpc) is 2.41. The average molecular weight is 302 g/mol. The van der Waals surface area contributed by atoms with Gasteiger partial charge in [-0.05, 0) is 31.4 Å². The van der Waals surface area contributed by atoms with Gasteiger partial charge in [-0.25, -0.2) is 4.39 Å². The molecule has 1 aromatic rings. The van der Waals surface area contributed by atoms with Crippen molar-refractivity contribution in [2.24, 2.45) is 11.7 Å². The van der Waals surface area contributed by atoms with Crippen LogP contribution in [-0.4, -0.2) is 18.6 Å². The van der Waals surface area contributed by atoms with Crippen LogP contribution in [0.4, 0.5) is 18.9 Å². The van der Waals surface area contributed by atoms with E-state index in [1.807, 2.05) is 0 Å². The van der Waals surface area contributed by atoms with E-state index in [1.165, 1.54) is 6.07 Å². The summed E-state index contributed by atoms with van der Waals surface area (Å²) in [5.74, 6) is -1.93. The topological polar surface area (TPSA) is 64.4 Å². The molecule has 2 rings (SSSR count). The fourth-order valence-corrected chi connectivity index (χ4v) is 2.48. The zero-order valence-corrected chi connectivity index (χ0v) is 11.3. The van der Waals surface area contributed by atoms with E-state index in [9.17, 15) is 18.0 Å². The van der Waals surface area contributed by atoms with Crippen LogP contribution >= 0.6 is 0 Å². The molecule has 1 aliphatic rings. The number of alkyl halides is 2. The van der Waals surface area contributed by atoms with E-state index in [1.54, 1.807) is 0 Å². The van der Waals surface area contributed by atoms with Gasteiger partial charge in [-0.1, -0.05) is 6.42 Å². The minimum absolute atomic E-state index is 0.00746. The van der Waals surface area contributed by atoms with Crippen LogP contribution in [0.15, 0.2) is 18.2 Å². The molecule has 0 saturated heterocycles. The lowest BCUT2D eigenvalue weighted by Crippen LogP contribution is -2.34. The van der Waals surface area contributed by atoms with Crippen LogP contribution in [0.25, 0.3) is 0 Å². The van der Waals surface area contributed by atoms with Crippen LogP contribution in [0, 0.1) is 11.7 Å². The van der Waals surface area contributed by atoms with Crippen molar-refractivity contribution in [3.8, 4) is 5.75 Å². The van der Waals surface area contributed by atoms with Crippen LogP contribution in [0.3, 0.4) is 0 Å². The Kier molecular flexibility index (Phi) is 5.06. The molecular weight excluding hydrogens is 285 g/mol. The smallest absolute Gasteiger partial charge is 0.387 e. The Hall–Kier alpha value is -1.76. The summed E-state index contributed by atoms with van der Waals surface area (Å²) in [5.41, 5.74) is 6.03. The second kappa shape index (κ2) is 6.80. The molecule has 1 saturated carbocycles. The monoisotopic (exact) mass is 302 g/mol. The summed E-state index contributed by atoms with van der Waals surface area (Å²) in [5, 5.41) is 2.58. The van der Waals surface area contributed by atoms with Crippen molar-refractivity contribution in [3.05, 3.63) is 24.0 Å². The van der Waals surface area contributed by atoms with E-state index in [4.69, 9.17) is 5.73 Å². The molecular formula is C14H17F3N2O2. The highest BCUT2D eigenvalue weighted by Crippen LogP contribution is 2.26. The summed E-state index contributed by atoms with van der Waals surface area (Å²) in [4.78, 5) is 12.0. The van der Waals surface area contributed by atoms with Crippen LogP contribution < -0.4 is 15.8 Å². The SMILES string of the molecule is NC1CCCC(C(=O)Nc2ccc(OC(F)F)c(F)c2)C1. The molecule has 21 heavy (non-hydrogen) atoms. The molecule has 1 aliphatic carbocycles. The zero-order valence-electron chi connectivity index (χ0n) is 11.3. The van der Waals surface area contributed by atoms with E-state index in [2.05, 4.69) is 10.1 Å². The highest BCUT2D eigenvalue weighted by molar-refractivity contribution is 5.92. The molecule has 1 fully saturated rings. The van der Waals surface area contributed by atoms with E-state index >= 15 is 0 Å². The van der Waals surface area contributed by atoms with Gasteiger partial charge in [0.15, 0.2) is 11.6 Å². The number of nitrogens with two attached hydrogens (primary N) is 1. The summed E-state index contributed by atoms with van der Waals surface area (Å²) < 4.78 is 41.6. The summed E-state index contributed by atoms with van der Waals surface area (Å²) >= 11 is 0. The van der Waals surface area contributed by atoms with Gasteiger partial charge in [0, 0.05) is 23.7 Å². The maximum atomic E-state index is 13.5. The number of ether oxygens (including phenoxy) is 1. The second-order valence-electron chi connectivity index (χ2n) is 5.14. The largest absolute Gasteiger partial charge is 0.432 e. The molecule has 116 valence electrons. The Morgan fingerprint density at radius 3 is 2.76 bits per heavy atom. The number of hydrogen-bond donors (Lipinski definition) is 2. The van der Waals surface area contributed by atoms with E-state index in [0.29, 0.717) is 6.42 Å². The number of carbonyl (C=O) groups is 1. The van der Waals surface area contributed by atoms with Gasteiger partial charge in [-0.2, -0.15) is 8.78 Å². The predicted molar refractivity (Wildman–Crippen MR) is 71.6 cm³/mol. The van der Waals surface area contributed by atoms with Gasteiger partial charge in [0.25, 0.3) is 0 Å². The summed E-state index contributed by atoms with van der Waals surface area (Å²) in [6.07, 6.45) is 3.13. The molecule has 2 unspecified atom stereocenters. The van der Waals surface area contributed by atoms with E-state index in [-0.39, 0.29) is 23.6 Å². The van der Waals surface area contributed by atoms with Crippen LogP contribution in [0.5, 0.6) is 5.75 Å². The molecule has 0 heterocycles. The lowest BCUT2D eigenvalue weighted by atomic mass is 9.85. The van der Waals surface area contributed by atoms with E-state index < -0.39 is 18.2 Å². The highest BCUT2D eigenvalue weighted by Gasteiger charge is 2.25. The molecule has 0 bridgehead atoms. The molecule has 4 nitrogen and oxygen atoms in total. The molecule has 0 radical (unpaired) electrons. The molecule has 0 aromatic heterocycles. The molecule has 2 atom stereocenters. The quantitative estimate of drug-likeness (QED) is 0.899. The third-order valence-corrected chi connectivity index (χ3v) is 3.50. The first-order valence-electron chi connectivity index (χ1n) is 6.76. The van der Waals surface area contributed by atoms with Crippen LogP contribution in [0.2, 0.25) is 0 Å². The lowest BCUT2D eigenvalue weighted by molar-refractivity contribution is -0.120. The number of rotatable bonds is 4. The number of nitrogens with one attached hydrogen (secondary N) is 1. The van der Waals surface area contributed by atoms with Crippen molar-refractivity contribution in [1.82, 2.24) is 0 Å². The maximum Gasteiger partial charge on any atom is 0.387 e. The Balaban J connectivity index is 1.99. The minimum atomic E-state index is -3.09. The van der Waals surface area contributed by atoms with Crippen LogP contribution in [0.1, 0.15) is 25.7 Å². The van der Waals surface area contributed by atoms with Gasteiger partial charge in [-0.15, -0.1) is 0 Å². The molecule has 0 spiro atoms. The molecule has 1 aromatic carbocycles. The first-order valence-corrected chi connectivity index (χ1v) is 6.76. The van der Waals surface area contributed by atoms with Crippen molar-refractivity contribution in [3.63, 3.8) is 0 Å². The number of anilines is 1. The van der Waals surface area contributed by atoms with Crippen LogP contribution in [-0.2, 0) is 4.79 Å². The first kappa shape index (κ1) is 15.6. The second-order valence-corrected chi connectivity index (χ2v) is 5.14. The first-order chi connectivity index (χ1) is 9.95. The molecule has 0 aliphatic heterocycles. The number of hydrogen-bond acceptors (Lipinski definition) is 3. The van der Waals surface area contributed by atoms with Crippen molar-refractivity contribution in [2.75, 3.05) is 5.32 Å². The van der Waals surface area contributed by atoms with Gasteiger partial charge in [0.1, 0.15) is 0 Å². The van der Waals surface area contributed by atoms with Gasteiger partial charge in [0.2, 0.25) is 5.91 Å². The Morgan fingerprint density at radius 1 is 1.38 bits per heavy atom. The Labute approximate surface area is 120 Å². The molecule has 7 heteroatoms. The van der Waals surface area contributed by atoms with Crippen molar-refractivity contribution >= 4 is 11.6 Å². The lowest BCUT2D eigenvalue weighted by Gasteiger charge is -2.25. The highest BCUT2D eigenvalue weighted by atomic mass is 19.3. The van der Waals surface area contributed by atoms with Crippen molar-refractivity contribution < 1.29 is 22.7 Å². The van der Waals surface area contributed by atoms with Gasteiger partial charge in [-0.3, -0.25) is 4.79 Å². The summed E-state index contributed by atoms with van der Waals surface area (Å²) in [6.45, 7) is -3.09. The van der Waals surface area contributed by atoms with Gasteiger partial charge in [0.05, 0.1) is 0 Å². The predicted octanol–water partition coefficient (Wildman–Crippen LogP) is 2.88. The maximum absolute atomic E-state index is 13.5. The van der Waals surface area contributed by atoms with Gasteiger partial charge < -0.3 is 15.8 Å². The molecule has 1 amide bonds. The number of amides is 1. The normalized spacial score (nSPS) is 22.1. The minimum Gasteiger partial charge on any atom is -0.432 e. The standard InChI is InChI=1S/C14H17F3N2O2/c15-11-7-10(4-5-12(11)21-14(16)17)19-13(20)8-2-1-3-9(18)6-8/h4-5,7-9,14H,1-3,6,18H2,(H,19,20).